The van der Waals surface area contributed by atoms with E-state index in [0.717, 1.165) is 17.7 Å². The second kappa shape index (κ2) is 8.23. The Morgan fingerprint density at radius 1 is 0.906 bits per heavy atom. The highest BCUT2D eigenvalue weighted by atomic mass is 32.2. The quantitative estimate of drug-likeness (QED) is 0.418. The van der Waals surface area contributed by atoms with Gasteiger partial charge in [-0.15, -0.1) is 0 Å². The molecular formula is C23H18F3N3O2S. The van der Waals surface area contributed by atoms with Crippen LogP contribution < -0.4 is 5.32 Å². The van der Waals surface area contributed by atoms with Crippen LogP contribution in [0.25, 0.3) is 10.9 Å². The van der Waals surface area contributed by atoms with Crippen molar-refractivity contribution in [3.05, 3.63) is 89.7 Å². The predicted octanol–water partition coefficient (Wildman–Crippen LogP) is 5.67. The molecule has 164 valence electrons. The standard InChI is InChI=1S/C23H18F3N3O2S/c1-15-9-11-18(12-10-15)32(30,31)14-21-28-20-8-3-2-7-19(20)22(29-21)27-17-6-4-5-16(13-17)23(24,25)26/h2-13H,14H2,1H3,(H,27,28,29). The first kappa shape index (κ1) is 21.8. The van der Waals surface area contributed by atoms with Crippen molar-refractivity contribution >= 4 is 32.2 Å². The number of sulfone groups is 1. The molecule has 0 saturated heterocycles. The van der Waals surface area contributed by atoms with Gasteiger partial charge >= 0.3 is 6.18 Å². The molecule has 32 heavy (non-hydrogen) atoms. The third-order valence-electron chi connectivity index (χ3n) is 4.80. The van der Waals surface area contributed by atoms with Gasteiger partial charge in [-0.1, -0.05) is 35.9 Å². The number of anilines is 2. The van der Waals surface area contributed by atoms with Gasteiger partial charge in [-0.3, -0.25) is 0 Å². The summed E-state index contributed by atoms with van der Waals surface area (Å²) in [5.41, 5.74) is 0.781. The number of nitrogens with zero attached hydrogens (tertiary/aromatic N) is 2. The van der Waals surface area contributed by atoms with Gasteiger partial charge in [0.25, 0.3) is 0 Å². The number of benzene rings is 3. The van der Waals surface area contributed by atoms with Crippen molar-refractivity contribution in [2.24, 2.45) is 0 Å². The Hall–Kier alpha value is -3.46. The van der Waals surface area contributed by atoms with Crippen LogP contribution in [0.15, 0.2) is 77.7 Å². The van der Waals surface area contributed by atoms with Crippen LogP contribution in [-0.4, -0.2) is 18.4 Å². The lowest BCUT2D eigenvalue weighted by Gasteiger charge is -2.13. The first-order valence-corrected chi connectivity index (χ1v) is 11.3. The number of para-hydroxylation sites is 1. The van der Waals surface area contributed by atoms with Crippen molar-refractivity contribution in [1.29, 1.82) is 0 Å². The van der Waals surface area contributed by atoms with Crippen LogP contribution in [0.2, 0.25) is 0 Å². The van der Waals surface area contributed by atoms with Gasteiger partial charge < -0.3 is 5.32 Å². The number of hydrogen-bond donors (Lipinski definition) is 1. The molecule has 9 heteroatoms. The van der Waals surface area contributed by atoms with Gasteiger partial charge in [-0.05, 0) is 49.4 Å². The highest BCUT2D eigenvalue weighted by Crippen LogP contribution is 2.32. The molecule has 4 rings (SSSR count). The van der Waals surface area contributed by atoms with Gasteiger partial charge in [-0.2, -0.15) is 13.2 Å². The molecule has 0 spiro atoms. The SMILES string of the molecule is Cc1ccc(S(=O)(=O)Cc2nc(Nc3cccc(C(F)(F)F)c3)c3ccccc3n2)cc1. The van der Waals surface area contributed by atoms with Crippen molar-refractivity contribution in [2.45, 2.75) is 23.7 Å². The molecule has 0 aliphatic carbocycles. The Kier molecular flexibility index (Phi) is 5.60. The topological polar surface area (TPSA) is 72.0 Å². The molecule has 4 aromatic rings. The van der Waals surface area contributed by atoms with Crippen LogP contribution in [0, 0.1) is 6.92 Å². The summed E-state index contributed by atoms with van der Waals surface area (Å²) in [6, 6.07) is 18.0. The zero-order valence-corrected chi connectivity index (χ0v) is 17.7. The predicted molar refractivity (Wildman–Crippen MR) is 116 cm³/mol. The van der Waals surface area contributed by atoms with E-state index in [9.17, 15) is 21.6 Å². The molecule has 0 bridgehead atoms. The summed E-state index contributed by atoms with van der Waals surface area (Å²) in [6.07, 6.45) is -4.49. The minimum absolute atomic E-state index is 0.0405. The second-order valence-corrected chi connectivity index (χ2v) is 9.27. The smallest absolute Gasteiger partial charge is 0.340 e. The highest BCUT2D eigenvalue weighted by Gasteiger charge is 2.30. The minimum atomic E-state index is -4.49. The Balaban J connectivity index is 1.73. The molecule has 0 aliphatic heterocycles. The Morgan fingerprint density at radius 3 is 2.34 bits per heavy atom. The summed E-state index contributed by atoms with van der Waals surface area (Å²) in [5.74, 6) is -0.180. The summed E-state index contributed by atoms with van der Waals surface area (Å²) < 4.78 is 64.9. The number of fused-ring (bicyclic) bond motifs is 1. The van der Waals surface area contributed by atoms with E-state index in [1.165, 1.54) is 24.3 Å². The monoisotopic (exact) mass is 457 g/mol. The number of rotatable bonds is 5. The van der Waals surface area contributed by atoms with Crippen molar-refractivity contribution in [3.63, 3.8) is 0 Å². The van der Waals surface area contributed by atoms with E-state index in [0.29, 0.717) is 10.9 Å². The highest BCUT2D eigenvalue weighted by molar-refractivity contribution is 7.90. The maximum absolute atomic E-state index is 13.1. The number of alkyl halides is 3. The maximum Gasteiger partial charge on any atom is 0.416 e. The largest absolute Gasteiger partial charge is 0.416 e. The molecule has 0 unspecified atom stereocenters. The van der Waals surface area contributed by atoms with Crippen molar-refractivity contribution in [2.75, 3.05) is 5.32 Å². The molecule has 0 aliphatic rings. The summed E-state index contributed by atoms with van der Waals surface area (Å²) in [5, 5.41) is 3.44. The summed E-state index contributed by atoms with van der Waals surface area (Å²) in [6.45, 7) is 1.86. The van der Waals surface area contributed by atoms with Gasteiger partial charge in [0, 0.05) is 11.1 Å². The van der Waals surface area contributed by atoms with Crippen molar-refractivity contribution in [3.8, 4) is 0 Å². The third kappa shape index (κ3) is 4.72. The molecule has 0 atom stereocenters. The molecule has 0 saturated carbocycles. The number of hydrogen-bond acceptors (Lipinski definition) is 5. The lowest BCUT2D eigenvalue weighted by Crippen LogP contribution is -2.10. The van der Waals surface area contributed by atoms with E-state index in [1.54, 1.807) is 36.4 Å². The molecule has 0 amide bonds. The van der Waals surface area contributed by atoms with E-state index in [1.807, 2.05) is 6.92 Å². The first-order valence-electron chi connectivity index (χ1n) is 9.61. The normalized spacial score (nSPS) is 12.1. The van der Waals surface area contributed by atoms with Gasteiger partial charge in [0.2, 0.25) is 0 Å². The van der Waals surface area contributed by atoms with Crippen LogP contribution in [0.1, 0.15) is 17.0 Å². The van der Waals surface area contributed by atoms with Gasteiger partial charge in [0.1, 0.15) is 17.4 Å². The summed E-state index contributed by atoms with van der Waals surface area (Å²) in [4.78, 5) is 8.83. The van der Waals surface area contributed by atoms with Crippen LogP contribution in [0.4, 0.5) is 24.7 Å². The fourth-order valence-electron chi connectivity index (χ4n) is 3.19. The molecule has 5 nitrogen and oxygen atoms in total. The number of halogens is 3. The van der Waals surface area contributed by atoms with Crippen LogP contribution in [0.5, 0.6) is 0 Å². The average molecular weight is 457 g/mol. The average Bonchev–Trinajstić information content (AvgIpc) is 2.73. The van der Waals surface area contributed by atoms with E-state index in [4.69, 9.17) is 0 Å². The van der Waals surface area contributed by atoms with Crippen LogP contribution >= 0.6 is 0 Å². The minimum Gasteiger partial charge on any atom is -0.340 e. The number of aryl methyl sites for hydroxylation is 1. The van der Waals surface area contributed by atoms with Crippen LogP contribution in [-0.2, 0) is 21.8 Å². The molecule has 1 aromatic heterocycles. The Bertz CT molecular complexity index is 1390. The molecule has 0 fully saturated rings. The van der Waals surface area contributed by atoms with Gasteiger partial charge in [0.15, 0.2) is 9.84 Å². The molecule has 1 heterocycles. The van der Waals surface area contributed by atoms with Gasteiger partial charge in [-0.25, -0.2) is 18.4 Å². The Morgan fingerprint density at radius 2 is 1.62 bits per heavy atom. The van der Waals surface area contributed by atoms with Crippen LogP contribution in [0.3, 0.4) is 0 Å². The van der Waals surface area contributed by atoms with E-state index in [-0.39, 0.29) is 22.2 Å². The fraction of sp³-hybridized carbons (Fsp3) is 0.130. The zero-order chi connectivity index (χ0) is 22.9. The lowest BCUT2D eigenvalue weighted by molar-refractivity contribution is -0.137. The van der Waals surface area contributed by atoms with E-state index >= 15 is 0 Å². The molecule has 0 radical (unpaired) electrons. The van der Waals surface area contributed by atoms with Crippen molar-refractivity contribution in [1.82, 2.24) is 9.97 Å². The first-order chi connectivity index (χ1) is 15.1. The van der Waals surface area contributed by atoms with E-state index < -0.39 is 27.3 Å². The number of nitrogens with one attached hydrogen (secondary N) is 1. The number of aromatic nitrogens is 2. The van der Waals surface area contributed by atoms with E-state index in [2.05, 4.69) is 15.3 Å². The maximum atomic E-state index is 13.1. The lowest BCUT2D eigenvalue weighted by atomic mass is 10.2. The summed E-state index contributed by atoms with van der Waals surface area (Å²) >= 11 is 0. The zero-order valence-electron chi connectivity index (χ0n) is 16.9. The molecular weight excluding hydrogens is 439 g/mol. The third-order valence-corrected chi connectivity index (χ3v) is 6.43. The second-order valence-electron chi connectivity index (χ2n) is 7.28. The molecule has 1 N–H and O–H groups in total. The summed E-state index contributed by atoms with van der Waals surface area (Å²) in [7, 11) is -3.72. The van der Waals surface area contributed by atoms with Gasteiger partial charge in [0.05, 0.1) is 16.0 Å². The Labute approximate surface area is 182 Å². The molecule has 3 aromatic carbocycles. The fourth-order valence-corrected chi connectivity index (χ4v) is 4.38. The van der Waals surface area contributed by atoms with Crippen molar-refractivity contribution < 1.29 is 21.6 Å².